The van der Waals surface area contributed by atoms with Gasteiger partial charge in [-0.1, -0.05) is 11.6 Å². The molecule has 1 aromatic carbocycles. The summed E-state index contributed by atoms with van der Waals surface area (Å²) in [6, 6.07) is 5.43. The summed E-state index contributed by atoms with van der Waals surface area (Å²) >= 11 is 6.10. The summed E-state index contributed by atoms with van der Waals surface area (Å²) in [5.41, 5.74) is 7.11. The van der Waals surface area contributed by atoms with Crippen molar-refractivity contribution in [3.05, 3.63) is 23.2 Å². The summed E-state index contributed by atoms with van der Waals surface area (Å²) < 4.78 is 1.71. The van der Waals surface area contributed by atoms with Crippen LogP contribution in [0.2, 0.25) is 5.02 Å². The lowest BCUT2D eigenvalue weighted by molar-refractivity contribution is 0.519. The standard InChI is InChI=1S/C10H12ClN5/c1-6(2)16-10(13-14-15-16)8-5-7(12)3-4-9(8)11/h3-6H,12H2,1-2H3. The monoisotopic (exact) mass is 237 g/mol. The van der Waals surface area contributed by atoms with Crippen LogP contribution in [-0.2, 0) is 0 Å². The van der Waals surface area contributed by atoms with Crippen LogP contribution in [0.4, 0.5) is 5.69 Å². The molecule has 0 unspecified atom stereocenters. The van der Waals surface area contributed by atoms with Gasteiger partial charge in [0.1, 0.15) is 0 Å². The number of hydrogen-bond donors (Lipinski definition) is 1. The quantitative estimate of drug-likeness (QED) is 0.813. The van der Waals surface area contributed by atoms with E-state index in [0.29, 0.717) is 16.5 Å². The first kappa shape index (κ1) is 10.9. The Morgan fingerprint density at radius 2 is 2.12 bits per heavy atom. The van der Waals surface area contributed by atoms with E-state index in [1.807, 2.05) is 13.8 Å². The van der Waals surface area contributed by atoms with E-state index >= 15 is 0 Å². The highest BCUT2D eigenvalue weighted by atomic mass is 35.5. The van der Waals surface area contributed by atoms with Crippen LogP contribution in [-0.4, -0.2) is 20.2 Å². The molecule has 1 aromatic heterocycles. The van der Waals surface area contributed by atoms with Gasteiger partial charge < -0.3 is 5.73 Å². The molecule has 0 bridgehead atoms. The largest absolute Gasteiger partial charge is 0.399 e. The van der Waals surface area contributed by atoms with Gasteiger partial charge in [0, 0.05) is 11.3 Å². The van der Waals surface area contributed by atoms with Gasteiger partial charge >= 0.3 is 0 Å². The van der Waals surface area contributed by atoms with Crippen molar-refractivity contribution in [2.45, 2.75) is 19.9 Å². The van der Waals surface area contributed by atoms with E-state index < -0.39 is 0 Å². The Bertz CT molecular complexity index is 506. The Morgan fingerprint density at radius 3 is 2.81 bits per heavy atom. The van der Waals surface area contributed by atoms with Crippen molar-refractivity contribution >= 4 is 17.3 Å². The lowest BCUT2D eigenvalue weighted by Gasteiger charge is -2.09. The van der Waals surface area contributed by atoms with E-state index in [4.69, 9.17) is 17.3 Å². The van der Waals surface area contributed by atoms with Gasteiger partial charge in [-0.2, -0.15) is 0 Å². The molecule has 0 radical (unpaired) electrons. The van der Waals surface area contributed by atoms with Crippen LogP contribution in [0.25, 0.3) is 11.4 Å². The fourth-order valence-corrected chi connectivity index (χ4v) is 1.64. The molecule has 2 rings (SSSR count). The van der Waals surface area contributed by atoms with Crippen molar-refractivity contribution in [1.82, 2.24) is 20.2 Å². The van der Waals surface area contributed by atoms with Crippen molar-refractivity contribution in [2.75, 3.05) is 5.73 Å². The molecule has 0 aliphatic heterocycles. The van der Waals surface area contributed by atoms with Gasteiger partial charge in [-0.3, -0.25) is 0 Å². The molecule has 5 nitrogen and oxygen atoms in total. The number of nitrogens with two attached hydrogens (primary N) is 1. The van der Waals surface area contributed by atoms with Crippen LogP contribution in [0, 0.1) is 0 Å². The molecule has 16 heavy (non-hydrogen) atoms. The summed E-state index contributed by atoms with van der Waals surface area (Å²) in [7, 11) is 0. The Morgan fingerprint density at radius 1 is 1.38 bits per heavy atom. The van der Waals surface area contributed by atoms with E-state index in [1.54, 1.807) is 22.9 Å². The molecule has 2 aromatic rings. The SMILES string of the molecule is CC(C)n1nnnc1-c1cc(N)ccc1Cl. The summed E-state index contributed by atoms with van der Waals surface area (Å²) in [6.45, 7) is 4.00. The van der Waals surface area contributed by atoms with E-state index in [1.165, 1.54) is 0 Å². The molecule has 1 heterocycles. The van der Waals surface area contributed by atoms with E-state index in [2.05, 4.69) is 15.5 Å². The Kier molecular flexibility index (Phi) is 2.78. The van der Waals surface area contributed by atoms with Gasteiger partial charge in [0.15, 0.2) is 5.82 Å². The molecule has 2 N–H and O–H groups in total. The molecule has 0 fully saturated rings. The highest BCUT2D eigenvalue weighted by Gasteiger charge is 2.14. The number of halogens is 1. The Balaban J connectivity index is 2.58. The molecule has 0 atom stereocenters. The van der Waals surface area contributed by atoms with Crippen molar-refractivity contribution in [1.29, 1.82) is 0 Å². The molecule has 0 aliphatic carbocycles. The Hall–Kier alpha value is -1.62. The second-order valence-electron chi connectivity index (χ2n) is 3.78. The third kappa shape index (κ3) is 1.86. The smallest absolute Gasteiger partial charge is 0.183 e. The molecule has 6 heteroatoms. The van der Waals surface area contributed by atoms with Crippen LogP contribution in [0.1, 0.15) is 19.9 Å². The molecule has 0 spiro atoms. The second-order valence-corrected chi connectivity index (χ2v) is 4.19. The van der Waals surface area contributed by atoms with Gasteiger partial charge in [0.25, 0.3) is 0 Å². The normalized spacial score (nSPS) is 11.0. The molecule has 84 valence electrons. The first-order valence-corrected chi connectivity index (χ1v) is 5.30. The lowest BCUT2D eigenvalue weighted by Crippen LogP contribution is -2.05. The van der Waals surface area contributed by atoms with Crippen LogP contribution >= 0.6 is 11.6 Å². The number of nitrogens with zero attached hydrogens (tertiary/aromatic N) is 4. The summed E-state index contributed by atoms with van der Waals surface area (Å²) in [4.78, 5) is 0. The predicted octanol–water partition coefficient (Wildman–Crippen LogP) is 2.16. The van der Waals surface area contributed by atoms with Gasteiger partial charge in [-0.25, -0.2) is 4.68 Å². The molecular formula is C10H12ClN5. The van der Waals surface area contributed by atoms with E-state index in [-0.39, 0.29) is 6.04 Å². The van der Waals surface area contributed by atoms with Gasteiger partial charge in [0.2, 0.25) is 0 Å². The van der Waals surface area contributed by atoms with Crippen molar-refractivity contribution < 1.29 is 0 Å². The average Bonchev–Trinajstić information content (AvgIpc) is 2.70. The number of benzene rings is 1. The average molecular weight is 238 g/mol. The molecule has 0 saturated carbocycles. The first-order valence-electron chi connectivity index (χ1n) is 4.93. The van der Waals surface area contributed by atoms with Crippen molar-refractivity contribution in [3.63, 3.8) is 0 Å². The summed E-state index contributed by atoms with van der Waals surface area (Å²) in [5.74, 6) is 0.632. The molecule has 0 aliphatic rings. The fraction of sp³-hybridized carbons (Fsp3) is 0.300. The minimum absolute atomic E-state index is 0.169. The number of anilines is 1. The Labute approximate surface area is 98.2 Å². The third-order valence-electron chi connectivity index (χ3n) is 2.21. The highest BCUT2D eigenvalue weighted by Crippen LogP contribution is 2.28. The van der Waals surface area contributed by atoms with Crippen molar-refractivity contribution in [3.8, 4) is 11.4 Å². The zero-order chi connectivity index (χ0) is 11.7. The zero-order valence-corrected chi connectivity index (χ0v) is 9.81. The maximum absolute atomic E-state index is 6.10. The topological polar surface area (TPSA) is 69.6 Å². The minimum atomic E-state index is 0.169. The van der Waals surface area contributed by atoms with Crippen LogP contribution < -0.4 is 5.73 Å². The summed E-state index contributed by atoms with van der Waals surface area (Å²) in [6.07, 6.45) is 0. The summed E-state index contributed by atoms with van der Waals surface area (Å²) in [5, 5.41) is 12.1. The number of tetrazole rings is 1. The van der Waals surface area contributed by atoms with Crippen molar-refractivity contribution in [2.24, 2.45) is 0 Å². The second kappa shape index (κ2) is 4.09. The first-order chi connectivity index (χ1) is 7.59. The maximum atomic E-state index is 6.10. The molecular weight excluding hydrogens is 226 g/mol. The molecule has 0 saturated heterocycles. The highest BCUT2D eigenvalue weighted by molar-refractivity contribution is 6.33. The molecule has 0 amide bonds. The number of hydrogen-bond acceptors (Lipinski definition) is 4. The van der Waals surface area contributed by atoms with Gasteiger partial charge in [-0.15, -0.1) is 5.10 Å². The fourth-order valence-electron chi connectivity index (χ4n) is 1.43. The maximum Gasteiger partial charge on any atom is 0.183 e. The third-order valence-corrected chi connectivity index (χ3v) is 2.54. The van der Waals surface area contributed by atoms with Crippen LogP contribution in [0.15, 0.2) is 18.2 Å². The van der Waals surface area contributed by atoms with E-state index in [9.17, 15) is 0 Å². The van der Waals surface area contributed by atoms with Gasteiger partial charge in [0.05, 0.1) is 11.1 Å². The zero-order valence-electron chi connectivity index (χ0n) is 9.05. The number of rotatable bonds is 2. The van der Waals surface area contributed by atoms with Gasteiger partial charge in [-0.05, 0) is 42.5 Å². The predicted molar refractivity (Wildman–Crippen MR) is 63.1 cm³/mol. The number of aromatic nitrogens is 4. The van der Waals surface area contributed by atoms with Crippen LogP contribution in [0.3, 0.4) is 0 Å². The van der Waals surface area contributed by atoms with E-state index in [0.717, 1.165) is 5.56 Å². The van der Waals surface area contributed by atoms with Crippen LogP contribution in [0.5, 0.6) is 0 Å². The number of nitrogen functional groups attached to an aromatic ring is 1. The lowest BCUT2D eigenvalue weighted by atomic mass is 10.2. The minimum Gasteiger partial charge on any atom is -0.399 e.